The molecule has 0 saturated heterocycles. The normalized spacial score (nSPS) is 13.2. The lowest BCUT2D eigenvalue weighted by Gasteiger charge is -2.18. The quantitative estimate of drug-likeness (QED) is 0.300. The molecule has 2 aromatic heterocycles. The molecule has 4 aromatic rings. The van der Waals surface area contributed by atoms with Crippen LogP contribution in [0.3, 0.4) is 0 Å². The fourth-order valence-electron chi connectivity index (χ4n) is 4.15. The fourth-order valence-corrected chi connectivity index (χ4v) is 4.81. The number of nitrogens with two attached hydrogens (primary N) is 1. The van der Waals surface area contributed by atoms with Crippen LogP contribution in [0.5, 0.6) is 0 Å². The van der Waals surface area contributed by atoms with Crippen LogP contribution in [-0.2, 0) is 24.5 Å². The predicted molar refractivity (Wildman–Crippen MR) is 147 cm³/mol. The van der Waals surface area contributed by atoms with E-state index in [1.54, 1.807) is 49.8 Å². The van der Waals surface area contributed by atoms with Gasteiger partial charge in [-0.25, -0.2) is 18.0 Å². The van der Waals surface area contributed by atoms with Gasteiger partial charge in [0.25, 0.3) is 0 Å². The van der Waals surface area contributed by atoms with Crippen molar-refractivity contribution in [3.8, 4) is 23.0 Å². The summed E-state index contributed by atoms with van der Waals surface area (Å²) in [7, 11) is 0.350. The van der Waals surface area contributed by atoms with Crippen LogP contribution < -0.4 is 10.5 Å². The summed E-state index contributed by atoms with van der Waals surface area (Å²) in [6, 6.07) is 9.48. The lowest BCUT2D eigenvalue weighted by Crippen LogP contribution is -2.17. The van der Waals surface area contributed by atoms with Gasteiger partial charge in [0.15, 0.2) is 5.82 Å². The molecule has 0 aliphatic heterocycles. The molecule has 0 radical (unpaired) electrons. The minimum absolute atomic E-state index is 0.0980. The number of aromatic nitrogens is 3. The van der Waals surface area contributed by atoms with Crippen molar-refractivity contribution in [1.82, 2.24) is 14.8 Å². The number of pyridine rings is 1. The Morgan fingerprint density at radius 1 is 1.18 bits per heavy atom. The van der Waals surface area contributed by atoms with Gasteiger partial charge in [0.05, 0.1) is 27.7 Å². The first-order chi connectivity index (χ1) is 17.8. The third kappa shape index (κ3) is 6.19. The van der Waals surface area contributed by atoms with Gasteiger partial charge in [-0.15, -0.1) is 0 Å². The van der Waals surface area contributed by atoms with E-state index in [4.69, 9.17) is 17.3 Å². The lowest BCUT2D eigenvalue weighted by atomic mass is 9.94. The minimum atomic E-state index is -1.38. The van der Waals surface area contributed by atoms with Gasteiger partial charge in [0.2, 0.25) is 0 Å². The van der Waals surface area contributed by atoms with Crippen molar-refractivity contribution >= 4 is 39.3 Å². The topological polar surface area (TPSA) is 106 Å². The summed E-state index contributed by atoms with van der Waals surface area (Å²) in [5, 5.41) is 15.5. The Bertz CT molecular complexity index is 1600. The van der Waals surface area contributed by atoms with E-state index in [0.29, 0.717) is 49.8 Å². The lowest BCUT2D eigenvalue weighted by molar-refractivity contribution is 0.143. The molecule has 0 amide bonds. The molecular weight excluding hydrogens is 532 g/mol. The van der Waals surface area contributed by atoms with Crippen molar-refractivity contribution in [3.05, 3.63) is 76.1 Å². The molecular formula is C27H26ClF2N5O2S. The summed E-state index contributed by atoms with van der Waals surface area (Å²) in [4.78, 5) is 4.68. The summed E-state index contributed by atoms with van der Waals surface area (Å²) >= 11 is 6.52. The molecule has 4 N–H and O–H groups in total. The van der Waals surface area contributed by atoms with Crippen molar-refractivity contribution in [2.45, 2.75) is 31.9 Å². The van der Waals surface area contributed by atoms with E-state index in [9.17, 15) is 18.1 Å². The summed E-state index contributed by atoms with van der Waals surface area (Å²) in [6.07, 6.45) is 1.59. The number of aliphatic hydroxyl groups is 1. The number of halogens is 3. The number of rotatable bonds is 6. The molecule has 2 atom stereocenters. The summed E-state index contributed by atoms with van der Waals surface area (Å²) < 4.78 is 44.0. The second-order valence-electron chi connectivity index (χ2n) is 9.37. The SMILES string of the molecule is Cn1nc(NS(C)=O)c2c(Cl)ccc(-c3ccc(C#CC(C)(C)O)nc3C(N)Cc3cc(F)cc(F)c3)c21. The maximum atomic E-state index is 13.9. The highest BCUT2D eigenvalue weighted by Crippen LogP contribution is 2.39. The number of anilines is 1. The monoisotopic (exact) mass is 557 g/mol. The Labute approximate surface area is 226 Å². The summed E-state index contributed by atoms with van der Waals surface area (Å²) in [6.45, 7) is 3.11. The Morgan fingerprint density at radius 3 is 2.47 bits per heavy atom. The molecule has 38 heavy (non-hydrogen) atoms. The number of nitrogens with one attached hydrogen (secondary N) is 1. The Hall–Kier alpha value is -3.36. The largest absolute Gasteiger partial charge is 0.378 e. The van der Waals surface area contributed by atoms with E-state index in [1.165, 1.54) is 18.4 Å². The Morgan fingerprint density at radius 2 is 1.84 bits per heavy atom. The molecule has 7 nitrogen and oxygen atoms in total. The number of nitrogens with zero attached hydrogens (tertiary/aromatic N) is 3. The zero-order valence-electron chi connectivity index (χ0n) is 21.1. The van der Waals surface area contributed by atoms with Gasteiger partial charge in [-0.1, -0.05) is 23.6 Å². The molecule has 0 aliphatic carbocycles. The molecule has 2 heterocycles. The molecule has 2 aromatic carbocycles. The maximum absolute atomic E-state index is 13.9. The maximum Gasteiger partial charge on any atom is 0.169 e. The van der Waals surface area contributed by atoms with Gasteiger partial charge in [0.1, 0.15) is 33.9 Å². The third-order valence-corrected chi connectivity index (χ3v) is 6.41. The summed E-state index contributed by atoms with van der Waals surface area (Å²) in [5.74, 6) is 4.54. The molecule has 0 saturated carbocycles. The van der Waals surface area contributed by atoms with Gasteiger partial charge in [0, 0.05) is 30.5 Å². The average Bonchev–Trinajstić information content (AvgIpc) is 3.13. The zero-order valence-corrected chi connectivity index (χ0v) is 22.7. The van der Waals surface area contributed by atoms with Crippen molar-refractivity contribution in [1.29, 1.82) is 0 Å². The van der Waals surface area contributed by atoms with Gasteiger partial charge >= 0.3 is 0 Å². The number of aryl methyl sites for hydroxylation is 1. The Kier molecular flexibility index (Phi) is 7.85. The second-order valence-corrected chi connectivity index (χ2v) is 10.9. The molecule has 0 aliphatic rings. The van der Waals surface area contributed by atoms with Crippen molar-refractivity contribution in [3.63, 3.8) is 0 Å². The molecule has 4 rings (SSSR count). The second kappa shape index (κ2) is 10.8. The first-order valence-electron chi connectivity index (χ1n) is 11.5. The van der Waals surface area contributed by atoms with Crippen LogP contribution in [0.2, 0.25) is 5.02 Å². The van der Waals surface area contributed by atoms with Crippen LogP contribution in [0.25, 0.3) is 22.0 Å². The molecule has 0 bridgehead atoms. The van der Waals surface area contributed by atoms with Crippen LogP contribution in [0.1, 0.15) is 36.8 Å². The average molecular weight is 558 g/mol. The van der Waals surface area contributed by atoms with Crippen LogP contribution in [0.4, 0.5) is 14.6 Å². The molecule has 2 unspecified atom stereocenters. The van der Waals surface area contributed by atoms with Crippen molar-refractivity contribution in [2.24, 2.45) is 12.8 Å². The highest BCUT2D eigenvalue weighted by Gasteiger charge is 2.22. The van der Waals surface area contributed by atoms with Gasteiger partial charge in [-0.2, -0.15) is 5.10 Å². The van der Waals surface area contributed by atoms with Gasteiger partial charge < -0.3 is 10.8 Å². The minimum Gasteiger partial charge on any atom is -0.378 e. The van der Waals surface area contributed by atoms with Crippen molar-refractivity contribution < 1.29 is 18.1 Å². The molecule has 0 fully saturated rings. The predicted octanol–water partition coefficient (Wildman–Crippen LogP) is 4.64. The highest BCUT2D eigenvalue weighted by molar-refractivity contribution is 7.85. The van der Waals surface area contributed by atoms with Crippen LogP contribution in [0.15, 0.2) is 42.5 Å². The number of hydrogen-bond donors (Lipinski definition) is 3. The zero-order chi connectivity index (χ0) is 27.8. The van der Waals surface area contributed by atoms with E-state index >= 15 is 0 Å². The van der Waals surface area contributed by atoms with E-state index in [-0.39, 0.29) is 6.42 Å². The summed E-state index contributed by atoms with van der Waals surface area (Å²) in [5.41, 5.74) is 8.50. The number of hydrogen-bond acceptors (Lipinski definition) is 5. The number of benzene rings is 2. The van der Waals surface area contributed by atoms with Gasteiger partial charge in [-0.3, -0.25) is 9.40 Å². The van der Waals surface area contributed by atoms with E-state index in [2.05, 4.69) is 26.6 Å². The van der Waals surface area contributed by atoms with E-state index < -0.39 is 34.3 Å². The van der Waals surface area contributed by atoms with Crippen LogP contribution >= 0.6 is 11.6 Å². The molecule has 198 valence electrons. The smallest absolute Gasteiger partial charge is 0.169 e. The fraction of sp³-hybridized carbons (Fsp3) is 0.259. The third-order valence-electron chi connectivity index (χ3n) is 5.62. The van der Waals surface area contributed by atoms with Crippen LogP contribution in [-0.4, -0.2) is 35.9 Å². The van der Waals surface area contributed by atoms with Gasteiger partial charge in [-0.05, 0) is 62.1 Å². The van der Waals surface area contributed by atoms with E-state index in [0.717, 1.165) is 6.07 Å². The Balaban J connectivity index is 1.91. The first kappa shape index (κ1) is 27.7. The van der Waals surface area contributed by atoms with Crippen molar-refractivity contribution in [2.75, 3.05) is 11.0 Å². The standard InChI is InChI=1S/C27H26ClF2N5O2S/c1-27(2,36)10-9-18-5-6-19(24(32-18)22(31)13-15-11-16(29)14-17(30)12-15)20-7-8-21(28)23-25(20)35(3)33-26(23)34-38(4)37/h5-8,11-12,14,22,36H,13,31H2,1-4H3,(H,33,34). The van der Waals surface area contributed by atoms with Crippen LogP contribution in [0, 0.1) is 23.5 Å². The first-order valence-corrected chi connectivity index (χ1v) is 13.5. The molecule has 0 spiro atoms. The number of fused-ring (bicyclic) bond motifs is 1. The van der Waals surface area contributed by atoms with E-state index in [1.807, 2.05) is 0 Å². The molecule has 11 heteroatoms. The highest BCUT2D eigenvalue weighted by atomic mass is 35.5.